The summed E-state index contributed by atoms with van der Waals surface area (Å²) in [6, 6.07) is 83.0. The predicted molar refractivity (Wildman–Crippen MR) is 267 cm³/mol. The monoisotopic (exact) mass is 831 g/mol. The third kappa shape index (κ3) is 4.90. The lowest BCUT2D eigenvalue weighted by atomic mass is 9.65. The highest BCUT2D eigenvalue weighted by molar-refractivity contribution is 7.25. The number of benzene rings is 10. The van der Waals surface area contributed by atoms with Crippen LogP contribution in [0.5, 0.6) is 11.5 Å². The lowest BCUT2D eigenvalue weighted by Crippen LogP contribution is -2.29. The van der Waals surface area contributed by atoms with Crippen molar-refractivity contribution in [3.63, 3.8) is 0 Å². The summed E-state index contributed by atoms with van der Waals surface area (Å²) in [4.78, 5) is 2.43. The van der Waals surface area contributed by atoms with Gasteiger partial charge >= 0.3 is 0 Å². The molecule has 2 heterocycles. The maximum atomic E-state index is 6.75. The van der Waals surface area contributed by atoms with E-state index in [2.05, 4.69) is 223 Å². The minimum Gasteiger partial charge on any atom is -0.456 e. The van der Waals surface area contributed by atoms with Gasteiger partial charge in [-0.1, -0.05) is 158 Å². The third-order valence-corrected chi connectivity index (χ3v) is 15.0. The number of ether oxygens (including phenoxy) is 1. The molecule has 0 saturated heterocycles. The van der Waals surface area contributed by atoms with Crippen LogP contribution in [-0.2, 0) is 5.41 Å². The van der Waals surface area contributed by atoms with Gasteiger partial charge in [0.05, 0.1) is 5.41 Å². The van der Waals surface area contributed by atoms with Crippen molar-refractivity contribution < 1.29 is 4.74 Å². The first-order valence-electron chi connectivity index (χ1n) is 22.0. The van der Waals surface area contributed by atoms with Crippen LogP contribution in [0.2, 0.25) is 0 Å². The minimum absolute atomic E-state index is 0.640. The molecule has 1 aliphatic heterocycles. The van der Waals surface area contributed by atoms with Crippen molar-refractivity contribution in [3.05, 3.63) is 247 Å². The highest BCUT2D eigenvalue weighted by atomic mass is 32.1. The van der Waals surface area contributed by atoms with Gasteiger partial charge in [-0.25, -0.2) is 0 Å². The van der Waals surface area contributed by atoms with Crippen LogP contribution in [0.4, 0.5) is 17.1 Å². The topological polar surface area (TPSA) is 12.5 Å². The molecule has 1 unspecified atom stereocenters. The van der Waals surface area contributed by atoms with E-state index >= 15 is 0 Å². The number of rotatable bonds is 3. The van der Waals surface area contributed by atoms with E-state index < -0.39 is 5.41 Å². The number of hydrogen-bond donors (Lipinski definition) is 0. The van der Waals surface area contributed by atoms with Crippen LogP contribution >= 0.6 is 11.3 Å². The number of para-hydroxylation sites is 2. The van der Waals surface area contributed by atoms with E-state index in [1.165, 1.54) is 75.8 Å². The highest BCUT2D eigenvalue weighted by Crippen LogP contribution is 2.63. The number of hydrogen-bond acceptors (Lipinski definition) is 3. The van der Waals surface area contributed by atoms with Gasteiger partial charge in [-0.2, -0.15) is 0 Å². The molecule has 2 aliphatic carbocycles. The molecule has 1 atom stereocenters. The van der Waals surface area contributed by atoms with E-state index in [9.17, 15) is 0 Å². The molecule has 0 fully saturated rings. The fourth-order valence-electron chi connectivity index (χ4n) is 11.3. The summed E-state index contributed by atoms with van der Waals surface area (Å²) >= 11 is 1.89. The van der Waals surface area contributed by atoms with Crippen LogP contribution in [0.3, 0.4) is 0 Å². The van der Waals surface area contributed by atoms with Crippen LogP contribution < -0.4 is 9.64 Å². The van der Waals surface area contributed by atoms with Crippen molar-refractivity contribution in [2.75, 3.05) is 4.90 Å². The van der Waals surface area contributed by atoms with Crippen molar-refractivity contribution in [1.82, 2.24) is 0 Å². The molecule has 11 aromatic rings. The SMILES string of the molecule is c1ccc(N(c2ccc3c(c2)-c2ccccc2-c2ccccc2O3)c2ccc3c(c2)C2(c4ccccc4-c4ccccc4-3)c3ccccc3-c3cc4sc5ccccc5c4cc32)cc1. The van der Waals surface area contributed by atoms with Gasteiger partial charge in [0.2, 0.25) is 0 Å². The standard InChI is InChI=1S/C61H37NOS/c1-2-16-38(17-3-1)62(39-31-33-58-51(34-39)44-21-7-6-20-43(44)48-24-10-14-28-57(48)63-58)40-30-32-47-42-19-5-4-18-41(42)45-22-8-12-26-53(45)61(55(47)35-40)54-27-13-9-23-46(54)50-37-60-52(36-56(50)61)49-25-11-15-29-59(49)64-60/h1-37H. The van der Waals surface area contributed by atoms with E-state index in [-0.39, 0.29) is 0 Å². The summed E-state index contributed by atoms with van der Waals surface area (Å²) in [6.45, 7) is 0. The van der Waals surface area contributed by atoms with Gasteiger partial charge in [0.15, 0.2) is 0 Å². The Balaban J connectivity index is 1.08. The van der Waals surface area contributed by atoms with Gasteiger partial charge < -0.3 is 9.64 Å². The van der Waals surface area contributed by atoms with Crippen LogP contribution in [0.15, 0.2) is 224 Å². The highest BCUT2D eigenvalue weighted by Gasteiger charge is 2.50. The molecule has 3 heteroatoms. The number of anilines is 3. The Morgan fingerprint density at radius 3 is 1.56 bits per heavy atom. The molecular weight excluding hydrogens is 795 g/mol. The largest absolute Gasteiger partial charge is 0.456 e. The molecule has 2 nitrogen and oxygen atoms in total. The fourth-order valence-corrected chi connectivity index (χ4v) is 12.4. The average molecular weight is 832 g/mol. The zero-order valence-corrected chi connectivity index (χ0v) is 35.4. The summed E-state index contributed by atoms with van der Waals surface area (Å²) < 4.78 is 9.38. The molecule has 0 amide bonds. The van der Waals surface area contributed by atoms with Crippen molar-refractivity contribution in [2.24, 2.45) is 0 Å². The Morgan fingerprint density at radius 2 is 0.812 bits per heavy atom. The van der Waals surface area contributed by atoms with Crippen LogP contribution in [0.25, 0.3) is 75.8 Å². The van der Waals surface area contributed by atoms with E-state index in [0.717, 1.165) is 50.8 Å². The second-order valence-electron chi connectivity index (χ2n) is 17.1. The Labute approximate surface area is 375 Å². The summed E-state index contributed by atoms with van der Waals surface area (Å²) in [6.07, 6.45) is 0. The summed E-state index contributed by atoms with van der Waals surface area (Å²) in [5.41, 5.74) is 19.8. The quantitative estimate of drug-likeness (QED) is 0.176. The van der Waals surface area contributed by atoms with Gasteiger partial charge in [0, 0.05) is 48.4 Å². The summed E-state index contributed by atoms with van der Waals surface area (Å²) in [7, 11) is 0. The number of nitrogens with zero attached hydrogens (tertiary/aromatic N) is 1. The molecule has 14 rings (SSSR count). The zero-order chi connectivity index (χ0) is 41.9. The Bertz CT molecular complexity index is 3730. The van der Waals surface area contributed by atoms with Gasteiger partial charge in [-0.15, -0.1) is 11.3 Å². The van der Waals surface area contributed by atoms with Gasteiger partial charge in [-0.3, -0.25) is 0 Å². The average Bonchev–Trinajstić information content (AvgIpc) is 3.78. The lowest BCUT2D eigenvalue weighted by Gasteiger charge is -2.36. The maximum absolute atomic E-state index is 6.75. The van der Waals surface area contributed by atoms with Crippen molar-refractivity contribution in [2.45, 2.75) is 5.41 Å². The van der Waals surface area contributed by atoms with E-state index in [1.54, 1.807) is 0 Å². The molecule has 3 aliphatic rings. The molecule has 0 bridgehead atoms. The predicted octanol–water partition coefficient (Wildman–Crippen LogP) is 17.0. The molecule has 10 aromatic carbocycles. The Hall–Kier alpha value is -7.98. The Morgan fingerprint density at radius 1 is 0.297 bits per heavy atom. The molecule has 298 valence electrons. The van der Waals surface area contributed by atoms with Crippen LogP contribution in [-0.4, -0.2) is 0 Å². The van der Waals surface area contributed by atoms with E-state index in [0.29, 0.717) is 0 Å². The van der Waals surface area contributed by atoms with Crippen LogP contribution in [0, 0.1) is 0 Å². The first kappa shape index (κ1) is 35.6. The molecule has 0 N–H and O–H groups in total. The third-order valence-electron chi connectivity index (χ3n) is 13.9. The summed E-state index contributed by atoms with van der Waals surface area (Å²) in [5, 5.41) is 2.62. The first-order chi connectivity index (χ1) is 31.7. The zero-order valence-electron chi connectivity index (χ0n) is 34.6. The van der Waals surface area contributed by atoms with Gasteiger partial charge in [0.25, 0.3) is 0 Å². The molecule has 1 spiro atoms. The second-order valence-corrected chi connectivity index (χ2v) is 18.2. The fraction of sp³-hybridized carbons (Fsp3) is 0.0164. The van der Waals surface area contributed by atoms with E-state index in [4.69, 9.17) is 4.74 Å². The molecule has 64 heavy (non-hydrogen) atoms. The van der Waals surface area contributed by atoms with Gasteiger partial charge in [0.1, 0.15) is 11.5 Å². The molecular formula is C61H37NOS. The normalized spacial score (nSPS) is 14.8. The van der Waals surface area contributed by atoms with E-state index in [1.807, 2.05) is 17.4 Å². The molecule has 1 aromatic heterocycles. The van der Waals surface area contributed by atoms with Crippen molar-refractivity contribution in [1.29, 1.82) is 0 Å². The first-order valence-corrected chi connectivity index (χ1v) is 22.8. The Kier molecular flexibility index (Phi) is 7.51. The van der Waals surface area contributed by atoms with Crippen LogP contribution in [0.1, 0.15) is 22.3 Å². The minimum atomic E-state index is -0.640. The molecule has 0 saturated carbocycles. The maximum Gasteiger partial charge on any atom is 0.135 e. The summed E-state index contributed by atoms with van der Waals surface area (Å²) in [5.74, 6) is 1.71. The van der Waals surface area contributed by atoms with Gasteiger partial charge in [-0.05, 0) is 133 Å². The lowest BCUT2D eigenvalue weighted by molar-refractivity contribution is 0.488. The number of fused-ring (bicyclic) bond motifs is 20. The van der Waals surface area contributed by atoms with Crippen molar-refractivity contribution >= 4 is 48.6 Å². The smallest absolute Gasteiger partial charge is 0.135 e. The number of thiophene rings is 1. The van der Waals surface area contributed by atoms with Crippen molar-refractivity contribution in [3.8, 4) is 67.1 Å². The second kappa shape index (κ2) is 13.5. The molecule has 0 radical (unpaired) electrons.